The monoisotopic (exact) mass is 371 g/mol. The molecule has 1 saturated heterocycles. The SMILES string of the molecule is N#C[C@@H]1C(=O)NC(N2CCN(c3cccc(Cl)c3)CC2)=NC12CCCC2. The highest BCUT2D eigenvalue weighted by molar-refractivity contribution is 6.30. The van der Waals surface area contributed by atoms with E-state index in [1.807, 2.05) is 18.2 Å². The van der Waals surface area contributed by atoms with E-state index in [-0.39, 0.29) is 5.91 Å². The number of halogens is 1. The smallest absolute Gasteiger partial charge is 0.246 e. The zero-order chi connectivity index (χ0) is 18.1. The first-order valence-corrected chi connectivity index (χ1v) is 9.55. The van der Waals surface area contributed by atoms with E-state index >= 15 is 0 Å². The Morgan fingerprint density at radius 1 is 1.19 bits per heavy atom. The van der Waals surface area contributed by atoms with Crippen molar-refractivity contribution in [3.8, 4) is 6.07 Å². The zero-order valence-corrected chi connectivity index (χ0v) is 15.4. The minimum Gasteiger partial charge on any atom is -0.368 e. The first kappa shape index (κ1) is 17.2. The Bertz CT molecular complexity index is 772. The number of aliphatic imine (C=N–C) groups is 1. The predicted octanol–water partition coefficient (Wildman–Crippen LogP) is 2.40. The second-order valence-electron chi connectivity index (χ2n) is 7.25. The molecule has 1 spiro atoms. The standard InChI is InChI=1S/C19H22ClN5O/c20-14-4-3-5-15(12-14)24-8-10-25(11-9-24)18-22-17(26)16(13-21)19(23-18)6-1-2-7-19/h3-5,12,16H,1-2,6-11H2,(H,22,23,26)/t16-/m1/s1. The quantitative estimate of drug-likeness (QED) is 0.822. The third-order valence-corrected chi connectivity index (χ3v) is 5.95. The van der Waals surface area contributed by atoms with Gasteiger partial charge in [0, 0.05) is 36.9 Å². The summed E-state index contributed by atoms with van der Waals surface area (Å²) in [7, 11) is 0. The first-order chi connectivity index (χ1) is 12.6. The van der Waals surface area contributed by atoms with Crippen LogP contribution in [0.3, 0.4) is 0 Å². The Morgan fingerprint density at radius 3 is 2.54 bits per heavy atom. The summed E-state index contributed by atoms with van der Waals surface area (Å²) in [4.78, 5) is 21.8. The average Bonchev–Trinajstić information content (AvgIpc) is 3.10. The minimum atomic E-state index is -0.665. The lowest BCUT2D eigenvalue weighted by Crippen LogP contribution is -2.59. The number of nitriles is 1. The van der Waals surface area contributed by atoms with Gasteiger partial charge in [0.2, 0.25) is 11.9 Å². The van der Waals surface area contributed by atoms with Crippen LogP contribution in [0.25, 0.3) is 0 Å². The molecular weight excluding hydrogens is 350 g/mol. The largest absolute Gasteiger partial charge is 0.368 e. The fraction of sp³-hybridized carbons (Fsp3) is 0.526. The number of amides is 1. The Labute approximate surface area is 158 Å². The van der Waals surface area contributed by atoms with Gasteiger partial charge in [-0.2, -0.15) is 5.26 Å². The average molecular weight is 372 g/mol. The number of hydrogen-bond acceptors (Lipinski definition) is 5. The van der Waals surface area contributed by atoms with Crippen LogP contribution in [0.5, 0.6) is 0 Å². The molecule has 4 rings (SSSR count). The number of carbonyl (C=O) groups excluding carboxylic acids is 1. The van der Waals surface area contributed by atoms with Crippen LogP contribution in [-0.4, -0.2) is 48.5 Å². The van der Waals surface area contributed by atoms with Gasteiger partial charge in [0.1, 0.15) is 0 Å². The number of piperazine rings is 1. The second kappa shape index (κ2) is 6.81. The van der Waals surface area contributed by atoms with Crippen molar-refractivity contribution in [1.29, 1.82) is 5.26 Å². The van der Waals surface area contributed by atoms with E-state index in [4.69, 9.17) is 16.6 Å². The number of hydrogen-bond donors (Lipinski definition) is 1. The highest BCUT2D eigenvalue weighted by atomic mass is 35.5. The van der Waals surface area contributed by atoms with Gasteiger partial charge in [-0.05, 0) is 31.0 Å². The Balaban J connectivity index is 1.50. The number of benzene rings is 1. The summed E-state index contributed by atoms with van der Waals surface area (Å²) in [6, 6.07) is 10.1. The van der Waals surface area contributed by atoms with E-state index < -0.39 is 11.5 Å². The van der Waals surface area contributed by atoms with Gasteiger partial charge >= 0.3 is 0 Å². The van der Waals surface area contributed by atoms with Crippen LogP contribution in [0, 0.1) is 17.2 Å². The fourth-order valence-corrected chi connectivity index (χ4v) is 4.48. The number of anilines is 1. The molecule has 2 aliphatic heterocycles. The lowest BCUT2D eigenvalue weighted by molar-refractivity contribution is -0.124. The van der Waals surface area contributed by atoms with Crippen LogP contribution in [0.1, 0.15) is 25.7 Å². The number of guanidine groups is 1. The lowest BCUT2D eigenvalue weighted by Gasteiger charge is -2.41. The third kappa shape index (κ3) is 3.01. The summed E-state index contributed by atoms with van der Waals surface area (Å²) < 4.78 is 0. The van der Waals surface area contributed by atoms with Crippen LogP contribution in [0.2, 0.25) is 5.02 Å². The van der Waals surface area contributed by atoms with Crippen LogP contribution in [0.4, 0.5) is 5.69 Å². The van der Waals surface area contributed by atoms with Gasteiger partial charge in [-0.1, -0.05) is 30.5 Å². The summed E-state index contributed by atoms with van der Waals surface area (Å²) in [6.45, 7) is 3.23. The molecule has 0 radical (unpaired) electrons. The van der Waals surface area contributed by atoms with Gasteiger partial charge in [0.05, 0.1) is 11.6 Å². The molecule has 2 fully saturated rings. The molecule has 1 amide bonds. The van der Waals surface area contributed by atoms with Gasteiger partial charge in [0.25, 0.3) is 0 Å². The van der Waals surface area contributed by atoms with Crippen LogP contribution in [0.15, 0.2) is 29.3 Å². The molecule has 0 unspecified atom stereocenters. The maximum atomic E-state index is 12.5. The van der Waals surface area contributed by atoms with Crippen molar-refractivity contribution in [2.45, 2.75) is 31.2 Å². The van der Waals surface area contributed by atoms with E-state index in [0.29, 0.717) is 5.96 Å². The number of carbonyl (C=O) groups is 1. The Hall–Kier alpha value is -2.26. The molecule has 1 aromatic rings. The van der Waals surface area contributed by atoms with Crippen LogP contribution in [-0.2, 0) is 4.79 Å². The molecule has 6 nitrogen and oxygen atoms in total. The van der Waals surface area contributed by atoms with Crippen molar-refractivity contribution in [1.82, 2.24) is 10.2 Å². The van der Waals surface area contributed by atoms with Gasteiger partial charge in [-0.3, -0.25) is 10.1 Å². The van der Waals surface area contributed by atoms with Crippen molar-refractivity contribution in [3.63, 3.8) is 0 Å². The Morgan fingerprint density at radius 2 is 1.88 bits per heavy atom. The molecule has 1 saturated carbocycles. The summed E-state index contributed by atoms with van der Waals surface area (Å²) in [6.07, 6.45) is 3.71. The number of nitrogens with zero attached hydrogens (tertiary/aromatic N) is 4. The normalized spacial score (nSPS) is 25.0. The van der Waals surface area contributed by atoms with E-state index in [0.717, 1.165) is 62.6 Å². The minimum absolute atomic E-state index is 0.198. The zero-order valence-electron chi connectivity index (χ0n) is 14.6. The van der Waals surface area contributed by atoms with Gasteiger partial charge in [-0.25, -0.2) is 4.99 Å². The lowest BCUT2D eigenvalue weighted by atomic mass is 9.82. The van der Waals surface area contributed by atoms with Crippen molar-refractivity contribution in [3.05, 3.63) is 29.3 Å². The molecule has 0 aromatic heterocycles. The summed E-state index contributed by atoms with van der Waals surface area (Å²) in [5.74, 6) is -0.215. The van der Waals surface area contributed by atoms with Crippen LogP contribution >= 0.6 is 11.6 Å². The van der Waals surface area contributed by atoms with E-state index in [2.05, 4.69) is 27.3 Å². The molecule has 26 heavy (non-hydrogen) atoms. The molecule has 1 N–H and O–H groups in total. The summed E-state index contributed by atoms with van der Waals surface area (Å²) in [5, 5.41) is 13.1. The summed E-state index contributed by atoms with van der Waals surface area (Å²) >= 11 is 6.10. The predicted molar refractivity (Wildman–Crippen MR) is 101 cm³/mol. The maximum Gasteiger partial charge on any atom is 0.246 e. The number of rotatable bonds is 1. The molecule has 1 aliphatic carbocycles. The highest BCUT2D eigenvalue weighted by Gasteiger charge is 2.49. The topological polar surface area (TPSA) is 71.7 Å². The fourth-order valence-electron chi connectivity index (χ4n) is 4.30. The molecule has 1 atom stereocenters. The van der Waals surface area contributed by atoms with Gasteiger partial charge in [-0.15, -0.1) is 0 Å². The van der Waals surface area contributed by atoms with Crippen molar-refractivity contribution < 1.29 is 4.79 Å². The number of nitrogens with one attached hydrogen (secondary N) is 1. The van der Waals surface area contributed by atoms with Gasteiger partial charge < -0.3 is 9.80 Å². The molecular formula is C19H22ClN5O. The maximum absolute atomic E-state index is 12.5. The molecule has 7 heteroatoms. The van der Waals surface area contributed by atoms with Crippen molar-refractivity contribution in [2.75, 3.05) is 31.1 Å². The van der Waals surface area contributed by atoms with Gasteiger partial charge in [0.15, 0.2) is 5.92 Å². The molecule has 136 valence electrons. The highest BCUT2D eigenvalue weighted by Crippen LogP contribution is 2.41. The van der Waals surface area contributed by atoms with E-state index in [1.54, 1.807) is 0 Å². The molecule has 2 heterocycles. The van der Waals surface area contributed by atoms with Crippen molar-refractivity contribution >= 4 is 29.2 Å². The van der Waals surface area contributed by atoms with Crippen LogP contribution < -0.4 is 10.2 Å². The van der Waals surface area contributed by atoms with E-state index in [1.165, 1.54) is 0 Å². The van der Waals surface area contributed by atoms with E-state index in [9.17, 15) is 10.1 Å². The molecule has 0 bridgehead atoms. The third-order valence-electron chi connectivity index (χ3n) is 5.71. The second-order valence-corrected chi connectivity index (χ2v) is 7.69. The summed E-state index contributed by atoms with van der Waals surface area (Å²) in [5.41, 5.74) is 0.597. The van der Waals surface area contributed by atoms with Crippen molar-refractivity contribution in [2.24, 2.45) is 10.9 Å². The molecule has 1 aromatic carbocycles. The molecule has 3 aliphatic rings. The first-order valence-electron chi connectivity index (χ1n) is 9.17. The Kier molecular flexibility index (Phi) is 4.49.